The zero-order valence-electron chi connectivity index (χ0n) is 15.5. The average Bonchev–Trinajstić information content (AvgIpc) is 3.34. The van der Waals surface area contributed by atoms with Gasteiger partial charge in [-0.2, -0.15) is 0 Å². The van der Waals surface area contributed by atoms with Crippen LogP contribution in [0, 0.1) is 6.92 Å². The van der Waals surface area contributed by atoms with Crippen molar-refractivity contribution in [2.24, 2.45) is 0 Å². The van der Waals surface area contributed by atoms with E-state index in [4.69, 9.17) is 9.15 Å². The number of hydrogen-bond donors (Lipinski definition) is 0. The minimum Gasteiger partial charge on any atom is -0.424 e. The number of thioether (sulfide) groups is 1. The molecule has 0 radical (unpaired) electrons. The summed E-state index contributed by atoms with van der Waals surface area (Å²) in [6.07, 6.45) is 0.734. The molecule has 1 aliphatic heterocycles. The molecule has 3 heterocycles. The maximum atomic E-state index is 5.61. The third-order valence-corrected chi connectivity index (χ3v) is 5.22. The van der Waals surface area contributed by atoms with Gasteiger partial charge in [-0.15, -0.1) is 20.4 Å². The highest BCUT2D eigenvalue weighted by Crippen LogP contribution is 2.29. The number of hydrogen-bond acceptors (Lipinski definition) is 8. The van der Waals surface area contributed by atoms with E-state index in [0.29, 0.717) is 30.7 Å². The Kier molecular flexibility index (Phi) is 5.40. The molecule has 0 saturated carbocycles. The molecule has 2 aromatic heterocycles. The second-order valence-corrected chi connectivity index (χ2v) is 7.23. The van der Waals surface area contributed by atoms with Crippen LogP contribution in [0.2, 0.25) is 0 Å². The third kappa shape index (κ3) is 3.98. The maximum Gasteiger partial charge on any atom is 0.232 e. The van der Waals surface area contributed by atoms with Crippen LogP contribution in [0.1, 0.15) is 24.3 Å². The number of nitrogens with zero attached hydrogens (tertiary/aromatic N) is 6. The lowest BCUT2D eigenvalue weighted by Crippen LogP contribution is -2.37. The summed E-state index contributed by atoms with van der Waals surface area (Å²) >= 11 is 1.54. The van der Waals surface area contributed by atoms with E-state index >= 15 is 0 Å². The van der Waals surface area contributed by atoms with Crippen LogP contribution in [0.5, 0.6) is 0 Å². The number of morpholine rings is 1. The van der Waals surface area contributed by atoms with E-state index in [1.807, 2.05) is 13.0 Å². The van der Waals surface area contributed by atoms with Crippen molar-refractivity contribution >= 4 is 17.7 Å². The average molecular weight is 386 g/mol. The van der Waals surface area contributed by atoms with Gasteiger partial charge in [-0.05, 0) is 24.6 Å². The lowest BCUT2D eigenvalue weighted by molar-refractivity contribution is 0.122. The minimum absolute atomic E-state index is 0.556. The maximum absolute atomic E-state index is 5.61. The summed E-state index contributed by atoms with van der Waals surface area (Å²) in [5.41, 5.74) is 2.23. The van der Waals surface area contributed by atoms with Crippen LogP contribution in [0.25, 0.3) is 5.69 Å². The molecule has 9 heteroatoms. The molecule has 4 rings (SSSR count). The molecule has 0 amide bonds. The van der Waals surface area contributed by atoms with E-state index in [2.05, 4.69) is 55.0 Å². The molecule has 0 aliphatic carbocycles. The van der Waals surface area contributed by atoms with Gasteiger partial charge in [-0.1, -0.05) is 30.8 Å². The fraction of sp³-hybridized carbons (Fsp3) is 0.444. The molecule has 142 valence electrons. The molecule has 27 heavy (non-hydrogen) atoms. The third-order valence-electron chi connectivity index (χ3n) is 4.31. The first-order valence-electron chi connectivity index (χ1n) is 9.04. The summed E-state index contributed by atoms with van der Waals surface area (Å²) in [6.45, 7) is 7.08. The summed E-state index contributed by atoms with van der Waals surface area (Å²) in [5.74, 6) is 2.65. The summed E-state index contributed by atoms with van der Waals surface area (Å²) in [6, 6.07) is 8.35. The second-order valence-electron chi connectivity index (χ2n) is 6.29. The first-order chi connectivity index (χ1) is 13.2. The quantitative estimate of drug-likeness (QED) is 0.598. The van der Waals surface area contributed by atoms with Crippen LogP contribution in [0.3, 0.4) is 0 Å². The molecule has 0 bridgehead atoms. The number of benzene rings is 1. The smallest absolute Gasteiger partial charge is 0.232 e. The number of aryl methyl sites for hydroxylation is 2. The monoisotopic (exact) mass is 386 g/mol. The van der Waals surface area contributed by atoms with Crippen LogP contribution in [-0.4, -0.2) is 51.3 Å². The second kappa shape index (κ2) is 8.10. The molecule has 0 N–H and O–H groups in total. The van der Waals surface area contributed by atoms with Gasteiger partial charge >= 0.3 is 0 Å². The Morgan fingerprint density at radius 3 is 2.63 bits per heavy atom. The zero-order valence-corrected chi connectivity index (χ0v) is 16.3. The van der Waals surface area contributed by atoms with Crippen molar-refractivity contribution in [3.05, 3.63) is 41.6 Å². The molecule has 0 unspecified atom stereocenters. The molecule has 0 spiro atoms. The number of rotatable bonds is 6. The number of ether oxygens (including phenoxy) is 1. The van der Waals surface area contributed by atoms with Gasteiger partial charge < -0.3 is 14.1 Å². The molecule has 8 nitrogen and oxygen atoms in total. The molecule has 1 aliphatic rings. The van der Waals surface area contributed by atoms with Gasteiger partial charge in [0.2, 0.25) is 17.7 Å². The predicted molar refractivity (Wildman–Crippen MR) is 102 cm³/mol. The molecule has 0 atom stereocenters. The van der Waals surface area contributed by atoms with Gasteiger partial charge in [-0.25, -0.2) is 0 Å². The highest BCUT2D eigenvalue weighted by atomic mass is 32.2. The zero-order chi connectivity index (χ0) is 18.6. The van der Waals surface area contributed by atoms with Crippen molar-refractivity contribution in [2.75, 3.05) is 31.2 Å². The number of anilines is 1. The van der Waals surface area contributed by atoms with Gasteiger partial charge in [0.1, 0.15) is 0 Å². The Morgan fingerprint density at radius 1 is 1.07 bits per heavy atom. The highest BCUT2D eigenvalue weighted by Gasteiger charge is 2.22. The van der Waals surface area contributed by atoms with Crippen LogP contribution < -0.4 is 4.90 Å². The van der Waals surface area contributed by atoms with Gasteiger partial charge in [0.05, 0.1) is 24.7 Å². The van der Waals surface area contributed by atoms with Crippen molar-refractivity contribution < 1.29 is 9.15 Å². The van der Waals surface area contributed by atoms with E-state index in [-0.39, 0.29) is 0 Å². The highest BCUT2D eigenvalue weighted by molar-refractivity contribution is 7.98. The SMILES string of the molecule is CCc1nnc(CSc2nnc(N3CCOCC3)n2-c2cccc(C)c2)o1. The van der Waals surface area contributed by atoms with E-state index in [1.165, 1.54) is 5.56 Å². The Morgan fingerprint density at radius 2 is 1.89 bits per heavy atom. The molecular formula is C18H22N6O2S. The van der Waals surface area contributed by atoms with Gasteiger partial charge in [0.25, 0.3) is 0 Å². The van der Waals surface area contributed by atoms with Crippen LogP contribution >= 0.6 is 11.8 Å². The standard InChI is InChI=1S/C18H22N6O2S/c1-3-15-19-20-16(26-15)12-27-18-22-21-17(23-7-9-25-10-8-23)24(18)14-6-4-5-13(2)11-14/h4-6,11H,3,7-10,12H2,1-2H3. The largest absolute Gasteiger partial charge is 0.424 e. The molecule has 1 fully saturated rings. The predicted octanol–water partition coefficient (Wildman–Crippen LogP) is 2.65. The van der Waals surface area contributed by atoms with Gasteiger partial charge in [-0.3, -0.25) is 4.57 Å². The first-order valence-corrected chi connectivity index (χ1v) is 10.0. The summed E-state index contributed by atoms with van der Waals surface area (Å²) < 4.78 is 13.2. The number of aromatic nitrogens is 5. The fourth-order valence-electron chi connectivity index (χ4n) is 2.93. The van der Waals surface area contributed by atoms with Crippen LogP contribution in [0.15, 0.2) is 33.8 Å². The van der Waals surface area contributed by atoms with E-state index in [9.17, 15) is 0 Å². The molecule has 1 aromatic carbocycles. The van der Waals surface area contributed by atoms with E-state index in [0.717, 1.165) is 36.3 Å². The Labute approximate surface area is 161 Å². The van der Waals surface area contributed by atoms with Crippen LogP contribution in [-0.2, 0) is 16.9 Å². The summed E-state index contributed by atoms with van der Waals surface area (Å²) in [5, 5.41) is 17.8. The van der Waals surface area contributed by atoms with Crippen molar-refractivity contribution in [2.45, 2.75) is 31.2 Å². The lowest BCUT2D eigenvalue weighted by Gasteiger charge is -2.28. The first kappa shape index (κ1) is 18.0. The molecular weight excluding hydrogens is 364 g/mol. The fourth-order valence-corrected chi connectivity index (χ4v) is 3.72. The Balaban J connectivity index is 1.64. The van der Waals surface area contributed by atoms with Crippen molar-refractivity contribution in [1.29, 1.82) is 0 Å². The molecule has 1 saturated heterocycles. The summed E-state index contributed by atoms with van der Waals surface area (Å²) in [4.78, 5) is 2.21. The van der Waals surface area contributed by atoms with Gasteiger partial charge in [0, 0.05) is 19.5 Å². The normalized spacial score (nSPS) is 14.7. The summed E-state index contributed by atoms with van der Waals surface area (Å²) in [7, 11) is 0. The van der Waals surface area contributed by atoms with E-state index in [1.54, 1.807) is 11.8 Å². The van der Waals surface area contributed by atoms with E-state index < -0.39 is 0 Å². The van der Waals surface area contributed by atoms with Crippen molar-refractivity contribution in [3.8, 4) is 5.69 Å². The minimum atomic E-state index is 0.556. The molecule has 3 aromatic rings. The Hall–Kier alpha value is -2.39. The van der Waals surface area contributed by atoms with Crippen LogP contribution in [0.4, 0.5) is 5.95 Å². The lowest BCUT2D eigenvalue weighted by atomic mass is 10.2. The van der Waals surface area contributed by atoms with Gasteiger partial charge in [0.15, 0.2) is 5.16 Å². The van der Waals surface area contributed by atoms with Crippen molar-refractivity contribution in [3.63, 3.8) is 0 Å². The van der Waals surface area contributed by atoms with Crippen molar-refractivity contribution in [1.82, 2.24) is 25.0 Å². The Bertz CT molecular complexity index is 903. The topological polar surface area (TPSA) is 82.1 Å².